The zero-order valence-electron chi connectivity index (χ0n) is 23.4. The Labute approximate surface area is 260 Å². The molecule has 2 atom stereocenters. The average molecular weight is 651 g/mol. The van der Waals surface area contributed by atoms with Crippen LogP contribution in [0.5, 0.6) is 5.75 Å². The van der Waals surface area contributed by atoms with Crippen LogP contribution in [0.15, 0.2) is 73.4 Å². The van der Waals surface area contributed by atoms with E-state index in [1.807, 2.05) is 47.2 Å². The second-order valence-electron chi connectivity index (χ2n) is 9.43. The van der Waals surface area contributed by atoms with Crippen molar-refractivity contribution < 1.29 is 34.8 Å². The molecule has 3 heterocycles. The summed E-state index contributed by atoms with van der Waals surface area (Å²) < 4.78 is 20.6. The molecule has 1 aliphatic heterocycles. The predicted molar refractivity (Wildman–Crippen MR) is 156 cm³/mol. The quantitative estimate of drug-likeness (QED) is 0.181. The molecule has 0 bridgehead atoms. The number of halogens is 2. The van der Waals surface area contributed by atoms with E-state index in [1.165, 1.54) is 0 Å². The molecule has 0 aliphatic carbocycles. The molecule has 17 heteroatoms. The Morgan fingerprint density at radius 1 is 1.09 bits per heavy atom. The van der Waals surface area contributed by atoms with Gasteiger partial charge in [0.2, 0.25) is 5.79 Å². The number of benzene rings is 2. The molecule has 5 rings (SSSR count). The van der Waals surface area contributed by atoms with Crippen LogP contribution in [0.2, 0.25) is 10.0 Å². The third-order valence-corrected chi connectivity index (χ3v) is 6.48. The maximum absolute atomic E-state index is 8.36. The van der Waals surface area contributed by atoms with Gasteiger partial charge in [-0.05, 0) is 42.5 Å². The van der Waals surface area contributed by atoms with Crippen molar-refractivity contribution in [1.82, 2.24) is 19.5 Å². The molecule has 1 aliphatic rings. The molecule has 0 amide bonds. The number of hydrogen-bond acceptors (Lipinski definition) is 10. The topological polar surface area (TPSA) is 198 Å². The molecule has 0 unspecified atom stereocenters. The van der Waals surface area contributed by atoms with Gasteiger partial charge in [0, 0.05) is 40.7 Å². The van der Waals surface area contributed by atoms with Gasteiger partial charge in [0.1, 0.15) is 24.3 Å². The van der Waals surface area contributed by atoms with Crippen molar-refractivity contribution >= 4 is 23.2 Å². The summed E-state index contributed by atoms with van der Waals surface area (Å²) in [5.74, 6) is 0.745. The fourth-order valence-electron chi connectivity index (χ4n) is 4.10. The normalized spacial score (nSPS) is 17.2. The van der Waals surface area contributed by atoms with Gasteiger partial charge in [0.25, 0.3) is 10.2 Å². The van der Waals surface area contributed by atoms with E-state index in [4.69, 9.17) is 68.1 Å². The lowest BCUT2D eigenvalue weighted by Gasteiger charge is -2.30. The minimum absolute atomic E-state index is 0.268. The second kappa shape index (κ2) is 15.8. The Morgan fingerprint density at radius 3 is 2.36 bits per heavy atom. The molecule has 0 radical (unpaired) electrons. The predicted octanol–water partition coefficient (Wildman–Crippen LogP) is 5.42. The van der Waals surface area contributed by atoms with Crippen LogP contribution >= 0.6 is 23.2 Å². The molecular formula is C27H28Cl2N6O9. The van der Waals surface area contributed by atoms with Crippen LogP contribution in [0.4, 0.5) is 0 Å². The Balaban J connectivity index is 0.000000592. The van der Waals surface area contributed by atoms with E-state index in [9.17, 15) is 0 Å². The summed E-state index contributed by atoms with van der Waals surface area (Å²) >= 11 is 12.7. The lowest BCUT2D eigenvalue weighted by Crippen LogP contribution is -2.34. The van der Waals surface area contributed by atoms with Crippen molar-refractivity contribution in [3.05, 3.63) is 115 Å². The zero-order chi connectivity index (χ0) is 32.3. The molecule has 2 N–H and O–H groups in total. The third-order valence-electron chi connectivity index (χ3n) is 5.93. The van der Waals surface area contributed by atoms with Crippen molar-refractivity contribution in [3.63, 3.8) is 0 Å². The first kappa shape index (κ1) is 33.9. The number of nitrogens with zero attached hydrogens (tertiary/aromatic N) is 6. The summed E-state index contributed by atoms with van der Waals surface area (Å²) in [7, 11) is 0. The van der Waals surface area contributed by atoms with Gasteiger partial charge in [-0.15, -0.1) is 20.2 Å². The molecule has 2 aromatic heterocycles. The lowest BCUT2D eigenvalue weighted by atomic mass is 10.1. The minimum Gasteiger partial charge on any atom is -0.491 e. The van der Waals surface area contributed by atoms with Crippen LogP contribution in [0.1, 0.15) is 31.2 Å². The third kappa shape index (κ3) is 10.0. The Morgan fingerprint density at radius 2 is 1.77 bits per heavy atom. The van der Waals surface area contributed by atoms with E-state index >= 15 is 0 Å². The van der Waals surface area contributed by atoms with Gasteiger partial charge in [-0.2, -0.15) is 0 Å². The summed E-state index contributed by atoms with van der Waals surface area (Å²) in [4.78, 5) is 29.8. The number of hydrogen-bond donors (Lipinski definition) is 2. The van der Waals surface area contributed by atoms with Crippen LogP contribution < -0.4 is 4.74 Å². The van der Waals surface area contributed by atoms with E-state index < -0.39 is 16.0 Å². The van der Waals surface area contributed by atoms with Crippen molar-refractivity contribution in [2.45, 2.75) is 38.2 Å². The summed E-state index contributed by atoms with van der Waals surface area (Å²) in [6.07, 6.45) is 6.77. The first-order chi connectivity index (χ1) is 20.9. The van der Waals surface area contributed by atoms with E-state index in [-0.39, 0.29) is 12.0 Å². The average Bonchev–Trinajstić information content (AvgIpc) is 3.62. The first-order valence-corrected chi connectivity index (χ1v) is 13.6. The van der Waals surface area contributed by atoms with Crippen molar-refractivity contribution in [2.75, 3.05) is 13.2 Å². The lowest BCUT2D eigenvalue weighted by molar-refractivity contribution is -0.742. The molecule has 1 saturated heterocycles. The Kier molecular flexibility index (Phi) is 12.2. The number of rotatable bonds is 8. The molecule has 1 fully saturated rings. The largest absolute Gasteiger partial charge is 0.491 e. The van der Waals surface area contributed by atoms with Gasteiger partial charge in [-0.1, -0.05) is 43.1 Å². The number of imidazole rings is 1. The summed E-state index contributed by atoms with van der Waals surface area (Å²) in [6.45, 7) is 5.22. The van der Waals surface area contributed by atoms with Crippen LogP contribution in [0.3, 0.4) is 0 Å². The molecular weight excluding hydrogens is 623 g/mol. The Hall–Kier alpha value is -4.57. The monoisotopic (exact) mass is 650 g/mol. The van der Waals surface area contributed by atoms with Gasteiger partial charge in [-0.3, -0.25) is 0 Å². The summed E-state index contributed by atoms with van der Waals surface area (Å²) in [5, 5.41) is 28.3. The highest BCUT2D eigenvalue weighted by molar-refractivity contribution is 6.35. The molecule has 44 heavy (non-hydrogen) atoms. The smallest absolute Gasteiger partial charge is 0.291 e. The highest BCUT2D eigenvalue weighted by Gasteiger charge is 2.45. The van der Waals surface area contributed by atoms with Crippen LogP contribution in [0.25, 0.3) is 11.3 Å². The van der Waals surface area contributed by atoms with Gasteiger partial charge >= 0.3 is 0 Å². The fourth-order valence-corrected chi connectivity index (χ4v) is 4.65. The van der Waals surface area contributed by atoms with E-state index in [0.717, 1.165) is 22.8 Å². The second-order valence-corrected chi connectivity index (χ2v) is 10.3. The summed E-state index contributed by atoms with van der Waals surface area (Å²) in [6, 6.07) is 15.0. The highest BCUT2D eigenvalue weighted by Crippen LogP contribution is 2.40. The molecule has 0 spiro atoms. The standard InChI is InChI=1S/C27H26Cl2N4O3.2HNO3/c1-18(2)26-31-10-9-25(32-26)19-3-6-21(7-4-19)34-14-22-15-35-27(36-22,16-33-12-11-30-17-33)23-8-5-20(28)13-24(23)29;2*2-1(3)4/h3-13,17-18,22H,14-16H2,1-2H3;2*(H,2,3,4)/t22-,27-;;/m1../s1. The first-order valence-electron chi connectivity index (χ1n) is 12.8. The van der Waals surface area contributed by atoms with Crippen molar-refractivity contribution in [3.8, 4) is 17.0 Å². The van der Waals surface area contributed by atoms with Crippen LogP contribution in [-0.2, 0) is 21.8 Å². The van der Waals surface area contributed by atoms with Crippen LogP contribution in [-0.4, -0.2) is 59.4 Å². The molecule has 4 aromatic rings. The molecule has 2 aromatic carbocycles. The van der Waals surface area contributed by atoms with Gasteiger partial charge in [0.15, 0.2) is 0 Å². The van der Waals surface area contributed by atoms with E-state index in [0.29, 0.717) is 35.4 Å². The van der Waals surface area contributed by atoms with Crippen LogP contribution in [0, 0.1) is 20.2 Å². The molecule has 0 saturated carbocycles. The number of aromatic nitrogens is 4. The number of ether oxygens (including phenoxy) is 3. The maximum atomic E-state index is 8.36. The maximum Gasteiger partial charge on any atom is 0.291 e. The van der Waals surface area contributed by atoms with Gasteiger partial charge in [-0.25, -0.2) is 15.0 Å². The molecule has 234 valence electrons. The van der Waals surface area contributed by atoms with Gasteiger partial charge < -0.3 is 29.2 Å². The minimum atomic E-state index is -1.50. The Bertz CT molecular complexity index is 1510. The highest BCUT2D eigenvalue weighted by atomic mass is 35.5. The summed E-state index contributed by atoms with van der Waals surface area (Å²) in [5.41, 5.74) is 2.60. The van der Waals surface area contributed by atoms with E-state index in [2.05, 4.69) is 28.8 Å². The molecule has 15 nitrogen and oxygen atoms in total. The van der Waals surface area contributed by atoms with Crippen molar-refractivity contribution in [2.24, 2.45) is 0 Å². The fraction of sp³-hybridized carbons (Fsp3) is 0.296. The zero-order valence-corrected chi connectivity index (χ0v) is 24.9. The van der Waals surface area contributed by atoms with Crippen molar-refractivity contribution in [1.29, 1.82) is 0 Å². The van der Waals surface area contributed by atoms with E-state index in [1.54, 1.807) is 30.9 Å². The van der Waals surface area contributed by atoms with Gasteiger partial charge in [0.05, 0.1) is 30.2 Å². The SMILES string of the molecule is CC(C)c1nccc(-c2ccc(OC[C@@H]3CO[C@@](Cn4ccnc4)(c4ccc(Cl)cc4Cl)O3)cc2)n1.O=[N+]([O-])O.O=[N+]([O-])O.